The minimum absolute atomic E-state index is 0.0383. The first-order chi connectivity index (χ1) is 15.3. The van der Waals surface area contributed by atoms with Gasteiger partial charge in [0, 0.05) is 18.3 Å². The zero-order chi connectivity index (χ0) is 23.1. The molecule has 4 atom stereocenters. The Hall–Kier alpha value is -3.16. The lowest BCUT2D eigenvalue weighted by Gasteiger charge is -2.22. The van der Waals surface area contributed by atoms with Crippen LogP contribution in [0.15, 0.2) is 71.8 Å². The molecule has 1 saturated carbocycles. The highest BCUT2D eigenvalue weighted by Crippen LogP contribution is 2.39. The molecule has 3 rings (SSSR count). The number of hydrogen-bond acceptors (Lipinski definition) is 6. The van der Waals surface area contributed by atoms with Crippen LogP contribution in [0.25, 0.3) is 0 Å². The highest BCUT2D eigenvalue weighted by Gasteiger charge is 2.45. The maximum atomic E-state index is 12.5. The van der Waals surface area contributed by atoms with E-state index in [0.29, 0.717) is 11.3 Å². The first-order valence-corrected chi connectivity index (χ1v) is 10.5. The Morgan fingerprint density at radius 3 is 2.28 bits per heavy atom. The van der Waals surface area contributed by atoms with Gasteiger partial charge in [0.05, 0.1) is 23.1 Å². The number of benzene rings is 2. The van der Waals surface area contributed by atoms with E-state index in [4.69, 9.17) is 21.1 Å². The number of aliphatic carboxylic acids is 1. The van der Waals surface area contributed by atoms with Crippen LogP contribution in [0.1, 0.15) is 23.2 Å². The Balaban J connectivity index is 1.75. The summed E-state index contributed by atoms with van der Waals surface area (Å²) in [6.45, 7) is -0.313. The fourth-order valence-corrected chi connectivity index (χ4v) is 3.91. The van der Waals surface area contributed by atoms with Gasteiger partial charge in [-0.25, -0.2) is 4.79 Å². The van der Waals surface area contributed by atoms with Crippen LogP contribution in [0.4, 0.5) is 0 Å². The number of aliphatic hydroxyl groups excluding tert-OH is 1. The molecule has 1 aliphatic carbocycles. The average molecular weight is 459 g/mol. The molecule has 0 saturated heterocycles. The number of carboxylic acids is 1. The van der Waals surface area contributed by atoms with E-state index in [0.717, 1.165) is 0 Å². The Morgan fingerprint density at radius 2 is 1.66 bits per heavy atom. The van der Waals surface area contributed by atoms with Crippen LogP contribution in [-0.2, 0) is 14.3 Å². The lowest BCUT2D eigenvalue weighted by Crippen LogP contribution is -2.27. The number of ether oxygens (including phenoxy) is 2. The number of halogens is 1. The third-order valence-electron chi connectivity index (χ3n) is 5.29. The van der Waals surface area contributed by atoms with Crippen molar-refractivity contribution in [3.63, 3.8) is 0 Å². The number of carbonyl (C=O) groups excluding carboxylic acids is 2. The minimum Gasteiger partial charge on any atom is -0.485 e. The van der Waals surface area contributed by atoms with Gasteiger partial charge in [0.1, 0.15) is 11.9 Å². The molecular weight excluding hydrogens is 436 g/mol. The summed E-state index contributed by atoms with van der Waals surface area (Å²) in [4.78, 5) is 36.3. The number of carbonyl (C=O) groups is 3. The minimum atomic E-state index is -1.11. The van der Waals surface area contributed by atoms with Gasteiger partial charge in [0.15, 0.2) is 6.61 Å². The maximum Gasteiger partial charge on any atom is 0.338 e. The molecule has 32 heavy (non-hydrogen) atoms. The van der Waals surface area contributed by atoms with Crippen molar-refractivity contribution in [1.82, 2.24) is 0 Å². The monoisotopic (exact) mass is 458 g/mol. The van der Waals surface area contributed by atoms with Crippen molar-refractivity contribution in [2.24, 2.45) is 11.8 Å². The Bertz CT molecular complexity index is 974. The third kappa shape index (κ3) is 6.18. The molecule has 0 radical (unpaired) electrons. The molecule has 2 N–H and O–H groups in total. The van der Waals surface area contributed by atoms with E-state index in [1.54, 1.807) is 54.6 Å². The summed E-state index contributed by atoms with van der Waals surface area (Å²) >= 11 is 6.21. The Labute approximate surface area is 190 Å². The smallest absolute Gasteiger partial charge is 0.338 e. The van der Waals surface area contributed by atoms with Crippen LogP contribution in [-0.4, -0.2) is 46.7 Å². The summed E-state index contributed by atoms with van der Waals surface area (Å²) in [6, 6.07) is 17.0. The molecule has 0 aromatic heterocycles. The van der Waals surface area contributed by atoms with Crippen LogP contribution >= 0.6 is 11.6 Å². The number of Topliss-reactive ketones (excluding diaryl/α,β-unsaturated/α-hetero) is 1. The summed E-state index contributed by atoms with van der Waals surface area (Å²) in [7, 11) is 0. The SMILES string of the molecule is O=C(O)C[C@H]1C(O)C[C@@H](OC(=O)c2ccccc2)[C@@H]1C=C(Cl)C(=O)COc1ccccc1. The summed E-state index contributed by atoms with van der Waals surface area (Å²) < 4.78 is 11.0. The number of ketones is 1. The average Bonchev–Trinajstić information content (AvgIpc) is 3.06. The van der Waals surface area contributed by atoms with Crippen LogP contribution in [0, 0.1) is 11.8 Å². The van der Waals surface area contributed by atoms with Crippen molar-refractivity contribution >= 4 is 29.3 Å². The van der Waals surface area contributed by atoms with Crippen LogP contribution < -0.4 is 4.74 Å². The fraction of sp³-hybridized carbons (Fsp3) is 0.292. The van der Waals surface area contributed by atoms with Crippen molar-refractivity contribution in [1.29, 1.82) is 0 Å². The molecule has 0 bridgehead atoms. The molecule has 2 aromatic carbocycles. The van der Waals surface area contributed by atoms with Crippen LogP contribution in [0.2, 0.25) is 0 Å². The molecule has 8 heteroatoms. The summed E-state index contributed by atoms with van der Waals surface area (Å²) in [5.41, 5.74) is 0.324. The molecule has 1 unspecified atom stereocenters. The van der Waals surface area contributed by atoms with Gasteiger partial charge in [-0.15, -0.1) is 0 Å². The van der Waals surface area contributed by atoms with Crippen LogP contribution in [0.3, 0.4) is 0 Å². The molecule has 0 heterocycles. The van der Waals surface area contributed by atoms with Gasteiger partial charge in [-0.1, -0.05) is 54.1 Å². The summed E-state index contributed by atoms with van der Waals surface area (Å²) in [6.07, 6.45) is -0.818. The van der Waals surface area contributed by atoms with Gasteiger partial charge >= 0.3 is 11.9 Å². The van der Waals surface area contributed by atoms with Crippen molar-refractivity contribution in [3.05, 3.63) is 77.3 Å². The Morgan fingerprint density at radius 1 is 1.03 bits per heavy atom. The second-order valence-electron chi connectivity index (χ2n) is 7.49. The second-order valence-corrected chi connectivity index (χ2v) is 7.90. The number of aliphatic hydroxyl groups is 1. The quantitative estimate of drug-likeness (QED) is 0.437. The van der Waals surface area contributed by atoms with Crippen molar-refractivity contribution in [2.75, 3.05) is 6.61 Å². The van der Waals surface area contributed by atoms with E-state index in [1.807, 2.05) is 6.07 Å². The molecule has 2 aromatic rings. The number of esters is 1. The molecular formula is C24H23ClO7. The largest absolute Gasteiger partial charge is 0.485 e. The standard InChI is InChI=1S/C24H23ClO7/c25-19(21(27)14-31-16-9-5-2-6-10-16)11-18-17(12-23(28)29)20(26)13-22(18)32-24(30)15-7-3-1-4-8-15/h1-11,17-18,20,22,26H,12-14H2,(H,28,29)/t17-,18-,20?,22-/m1/s1. The highest BCUT2D eigenvalue weighted by atomic mass is 35.5. The number of hydrogen-bond donors (Lipinski definition) is 2. The third-order valence-corrected chi connectivity index (χ3v) is 5.63. The highest BCUT2D eigenvalue weighted by molar-refractivity contribution is 6.42. The Kier molecular flexibility index (Phi) is 8.03. The van der Waals surface area contributed by atoms with E-state index < -0.39 is 41.8 Å². The maximum absolute atomic E-state index is 12.5. The lowest BCUT2D eigenvalue weighted by atomic mass is 9.90. The van der Waals surface area contributed by atoms with E-state index in [-0.39, 0.29) is 24.5 Å². The van der Waals surface area contributed by atoms with Gasteiger partial charge in [-0.2, -0.15) is 0 Å². The molecule has 168 valence electrons. The van der Waals surface area contributed by atoms with Gasteiger partial charge in [-0.3, -0.25) is 9.59 Å². The zero-order valence-corrected chi connectivity index (χ0v) is 17.9. The lowest BCUT2D eigenvalue weighted by molar-refractivity contribution is -0.139. The van der Waals surface area contributed by atoms with E-state index in [1.165, 1.54) is 6.08 Å². The first-order valence-electron chi connectivity index (χ1n) is 10.1. The molecule has 0 amide bonds. The van der Waals surface area contributed by atoms with Gasteiger partial charge in [-0.05, 0) is 24.3 Å². The van der Waals surface area contributed by atoms with Crippen molar-refractivity contribution < 1.29 is 34.1 Å². The predicted molar refractivity (Wildman–Crippen MR) is 116 cm³/mol. The van der Waals surface area contributed by atoms with E-state index in [2.05, 4.69) is 0 Å². The van der Waals surface area contributed by atoms with E-state index in [9.17, 15) is 24.6 Å². The molecule has 1 aliphatic rings. The van der Waals surface area contributed by atoms with E-state index >= 15 is 0 Å². The second kappa shape index (κ2) is 10.9. The number of para-hydroxylation sites is 1. The first kappa shape index (κ1) is 23.5. The molecule has 1 fully saturated rings. The van der Waals surface area contributed by atoms with Gasteiger partial charge in [0.2, 0.25) is 5.78 Å². The van der Waals surface area contributed by atoms with Crippen molar-refractivity contribution in [3.8, 4) is 5.75 Å². The number of rotatable bonds is 9. The molecule has 0 spiro atoms. The van der Waals surface area contributed by atoms with Crippen molar-refractivity contribution in [2.45, 2.75) is 25.0 Å². The molecule has 7 nitrogen and oxygen atoms in total. The van der Waals surface area contributed by atoms with Crippen LogP contribution in [0.5, 0.6) is 5.75 Å². The normalized spacial score (nSPS) is 22.9. The van der Waals surface area contributed by atoms with Gasteiger partial charge < -0.3 is 19.7 Å². The topological polar surface area (TPSA) is 110 Å². The van der Waals surface area contributed by atoms with Gasteiger partial charge in [0.25, 0.3) is 0 Å². The fourth-order valence-electron chi connectivity index (χ4n) is 3.71. The summed E-state index contributed by atoms with van der Waals surface area (Å²) in [5, 5.41) is 19.5. The number of carboxylic acid groups (broad SMARTS) is 1. The summed E-state index contributed by atoms with van der Waals surface area (Å²) in [5.74, 6) is -3.25. The zero-order valence-electron chi connectivity index (χ0n) is 17.1. The molecule has 0 aliphatic heterocycles. The predicted octanol–water partition coefficient (Wildman–Crippen LogP) is 3.45.